The quantitative estimate of drug-likeness (QED) is 0.562. The molecule has 0 aromatic heterocycles. The summed E-state index contributed by atoms with van der Waals surface area (Å²) in [4.78, 5) is 2.55. The van der Waals surface area contributed by atoms with Gasteiger partial charge in [0.2, 0.25) is 0 Å². The molecule has 0 aromatic carbocycles. The molecule has 0 rings (SSSR count). The Labute approximate surface area is 90.2 Å². The molecule has 0 heterocycles. The van der Waals surface area contributed by atoms with Crippen molar-refractivity contribution in [1.82, 2.24) is 4.90 Å². The Morgan fingerprint density at radius 2 is 1.79 bits per heavy atom. The maximum atomic E-state index is 4.01. The standard InChI is InChI=1S/C13H27N/c1-7-9-14(12(4)5)10-8-13(6)11(2)3/h12-13H,2,7-10H2,1,3-6H3. The van der Waals surface area contributed by atoms with Crippen molar-refractivity contribution in [3.63, 3.8) is 0 Å². The summed E-state index contributed by atoms with van der Waals surface area (Å²) in [5.41, 5.74) is 1.31. The van der Waals surface area contributed by atoms with Gasteiger partial charge in [-0.3, -0.25) is 0 Å². The Balaban J connectivity index is 3.87. The minimum absolute atomic E-state index is 0.660. The molecule has 0 bridgehead atoms. The third-order valence-corrected chi connectivity index (χ3v) is 2.93. The monoisotopic (exact) mass is 197 g/mol. The zero-order valence-corrected chi connectivity index (χ0v) is 10.6. The van der Waals surface area contributed by atoms with Crippen LogP contribution in [0.3, 0.4) is 0 Å². The van der Waals surface area contributed by atoms with Crippen LogP contribution in [-0.4, -0.2) is 24.0 Å². The van der Waals surface area contributed by atoms with Crippen molar-refractivity contribution in [2.45, 2.75) is 53.5 Å². The molecule has 1 heteroatoms. The van der Waals surface area contributed by atoms with Crippen molar-refractivity contribution in [3.8, 4) is 0 Å². The molecule has 1 unspecified atom stereocenters. The van der Waals surface area contributed by atoms with Crippen LogP contribution in [0.4, 0.5) is 0 Å². The van der Waals surface area contributed by atoms with E-state index in [-0.39, 0.29) is 0 Å². The Bertz CT molecular complexity index is 161. The molecule has 84 valence electrons. The zero-order chi connectivity index (χ0) is 11.1. The lowest BCUT2D eigenvalue weighted by molar-refractivity contribution is 0.212. The maximum absolute atomic E-state index is 4.01. The van der Waals surface area contributed by atoms with Gasteiger partial charge in [0.15, 0.2) is 0 Å². The van der Waals surface area contributed by atoms with Gasteiger partial charge < -0.3 is 4.90 Å². The van der Waals surface area contributed by atoms with Gasteiger partial charge >= 0.3 is 0 Å². The van der Waals surface area contributed by atoms with E-state index in [1.165, 1.54) is 31.5 Å². The summed E-state index contributed by atoms with van der Waals surface area (Å²) in [5, 5.41) is 0. The molecular formula is C13H27N. The summed E-state index contributed by atoms with van der Waals surface area (Å²) in [6.45, 7) is 17.6. The second kappa shape index (κ2) is 7.05. The average molecular weight is 197 g/mol. The van der Waals surface area contributed by atoms with Crippen molar-refractivity contribution in [2.75, 3.05) is 13.1 Å². The maximum Gasteiger partial charge on any atom is 0.00385 e. The van der Waals surface area contributed by atoms with Gasteiger partial charge in [0, 0.05) is 6.04 Å². The van der Waals surface area contributed by atoms with E-state index < -0.39 is 0 Å². The second-order valence-corrected chi connectivity index (χ2v) is 4.67. The predicted octanol–water partition coefficient (Wildman–Crippen LogP) is 3.71. The highest BCUT2D eigenvalue weighted by molar-refractivity contribution is 4.93. The van der Waals surface area contributed by atoms with E-state index in [9.17, 15) is 0 Å². The smallest absolute Gasteiger partial charge is 0.00385 e. The van der Waals surface area contributed by atoms with E-state index in [4.69, 9.17) is 0 Å². The number of hydrogen-bond donors (Lipinski definition) is 0. The average Bonchev–Trinajstić information content (AvgIpc) is 2.10. The van der Waals surface area contributed by atoms with Gasteiger partial charge in [-0.05, 0) is 52.6 Å². The second-order valence-electron chi connectivity index (χ2n) is 4.67. The Hall–Kier alpha value is -0.300. The van der Waals surface area contributed by atoms with E-state index in [2.05, 4.69) is 46.1 Å². The third kappa shape index (κ3) is 5.43. The largest absolute Gasteiger partial charge is 0.301 e. The molecule has 0 spiro atoms. The van der Waals surface area contributed by atoms with Crippen LogP contribution >= 0.6 is 0 Å². The van der Waals surface area contributed by atoms with Crippen LogP contribution < -0.4 is 0 Å². The first kappa shape index (κ1) is 13.7. The fourth-order valence-corrected chi connectivity index (χ4v) is 1.52. The molecule has 0 aliphatic rings. The molecule has 0 amide bonds. The molecule has 0 N–H and O–H groups in total. The SMILES string of the molecule is C=C(C)C(C)CCN(CCC)C(C)C. The lowest BCUT2D eigenvalue weighted by Gasteiger charge is -2.27. The Morgan fingerprint density at radius 1 is 1.21 bits per heavy atom. The van der Waals surface area contributed by atoms with Crippen LogP contribution in [0.25, 0.3) is 0 Å². The normalized spacial score (nSPS) is 13.6. The van der Waals surface area contributed by atoms with Crippen LogP contribution in [0.1, 0.15) is 47.5 Å². The highest BCUT2D eigenvalue weighted by Gasteiger charge is 2.10. The Kier molecular flexibility index (Phi) is 6.90. The number of hydrogen-bond acceptors (Lipinski definition) is 1. The molecule has 0 fully saturated rings. The predicted molar refractivity (Wildman–Crippen MR) is 65.6 cm³/mol. The fourth-order valence-electron chi connectivity index (χ4n) is 1.52. The lowest BCUT2D eigenvalue weighted by Crippen LogP contribution is -2.33. The molecule has 1 nitrogen and oxygen atoms in total. The topological polar surface area (TPSA) is 3.24 Å². The van der Waals surface area contributed by atoms with Crippen LogP contribution in [0.15, 0.2) is 12.2 Å². The minimum atomic E-state index is 0.660. The summed E-state index contributed by atoms with van der Waals surface area (Å²) in [6.07, 6.45) is 2.49. The van der Waals surface area contributed by atoms with Crippen LogP contribution in [-0.2, 0) is 0 Å². The first-order valence-corrected chi connectivity index (χ1v) is 5.88. The van der Waals surface area contributed by atoms with E-state index in [0.29, 0.717) is 12.0 Å². The number of rotatable bonds is 7. The van der Waals surface area contributed by atoms with E-state index in [1.54, 1.807) is 0 Å². The van der Waals surface area contributed by atoms with Gasteiger partial charge in [-0.15, -0.1) is 0 Å². The molecule has 1 atom stereocenters. The summed E-state index contributed by atoms with van der Waals surface area (Å²) in [6, 6.07) is 0.673. The summed E-state index contributed by atoms with van der Waals surface area (Å²) < 4.78 is 0. The number of nitrogens with zero attached hydrogens (tertiary/aromatic N) is 1. The minimum Gasteiger partial charge on any atom is -0.301 e. The van der Waals surface area contributed by atoms with Crippen molar-refractivity contribution < 1.29 is 0 Å². The van der Waals surface area contributed by atoms with Gasteiger partial charge in [-0.2, -0.15) is 0 Å². The number of allylic oxidation sites excluding steroid dienone is 1. The molecule has 0 saturated heterocycles. The molecule has 0 aliphatic heterocycles. The van der Waals surface area contributed by atoms with Gasteiger partial charge in [-0.1, -0.05) is 26.0 Å². The van der Waals surface area contributed by atoms with E-state index >= 15 is 0 Å². The van der Waals surface area contributed by atoms with Crippen molar-refractivity contribution >= 4 is 0 Å². The highest BCUT2D eigenvalue weighted by atomic mass is 15.1. The van der Waals surface area contributed by atoms with Crippen molar-refractivity contribution in [3.05, 3.63) is 12.2 Å². The lowest BCUT2D eigenvalue weighted by atomic mass is 10.00. The van der Waals surface area contributed by atoms with Gasteiger partial charge in [0.25, 0.3) is 0 Å². The van der Waals surface area contributed by atoms with Gasteiger partial charge in [0.05, 0.1) is 0 Å². The van der Waals surface area contributed by atoms with Crippen LogP contribution in [0, 0.1) is 5.92 Å². The van der Waals surface area contributed by atoms with Crippen LogP contribution in [0.2, 0.25) is 0 Å². The molecular weight excluding hydrogens is 170 g/mol. The molecule has 0 radical (unpaired) electrons. The molecule has 14 heavy (non-hydrogen) atoms. The van der Waals surface area contributed by atoms with Crippen molar-refractivity contribution in [1.29, 1.82) is 0 Å². The van der Waals surface area contributed by atoms with Gasteiger partial charge in [-0.25, -0.2) is 0 Å². The molecule has 0 aromatic rings. The summed E-state index contributed by atoms with van der Waals surface area (Å²) in [7, 11) is 0. The molecule has 0 saturated carbocycles. The zero-order valence-electron chi connectivity index (χ0n) is 10.6. The summed E-state index contributed by atoms with van der Waals surface area (Å²) in [5.74, 6) is 0.660. The highest BCUT2D eigenvalue weighted by Crippen LogP contribution is 2.13. The van der Waals surface area contributed by atoms with Crippen molar-refractivity contribution in [2.24, 2.45) is 5.92 Å². The third-order valence-electron chi connectivity index (χ3n) is 2.93. The van der Waals surface area contributed by atoms with E-state index in [1.807, 2.05) is 0 Å². The fraction of sp³-hybridized carbons (Fsp3) is 0.846. The van der Waals surface area contributed by atoms with E-state index in [0.717, 1.165) is 0 Å². The van der Waals surface area contributed by atoms with Crippen LogP contribution in [0.5, 0.6) is 0 Å². The molecule has 0 aliphatic carbocycles. The summed E-state index contributed by atoms with van der Waals surface area (Å²) >= 11 is 0. The first-order valence-electron chi connectivity index (χ1n) is 5.88. The Morgan fingerprint density at radius 3 is 2.14 bits per heavy atom. The van der Waals surface area contributed by atoms with Gasteiger partial charge in [0.1, 0.15) is 0 Å². The first-order chi connectivity index (χ1) is 6.49.